The van der Waals surface area contributed by atoms with E-state index in [2.05, 4.69) is 10.6 Å². The zero-order chi connectivity index (χ0) is 20.3. The first-order valence-corrected chi connectivity index (χ1v) is 8.37. The molecule has 0 atom stereocenters. The Morgan fingerprint density at radius 1 is 0.929 bits per heavy atom. The first kappa shape index (κ1) is 18.8. The number of rotatable bonds is 5. The lowest BCUT2D eigenvalue weighted by molar-refractivity contribution is -0.384. The second kappa shape index (κ2) is 7.75. The van der Waals surface area contributed by atoms with Crippen molar-refractivity contribution in [1.82, 2.24) is 0 Å². The van der Waals surface area contributed by atoms with E-state index in [1.165, 1.54) is 30.5 Å². The van der Waals surface area contributed by atoms with Crippen LogP contribution in [0.15, 0.2) is 59.2 Å². The molecular formula is C20H17N3O5. The summed E-state index contributed by atoms with van der Waals surface area (Å²) in [7, 11) is 0. The molecule has 3 aromatic rings. The number of aryl methyl sites for hydroxylation is 2. The number of benzene rings is 2. The Balaban J connectivity index is 1.82. The summed E-state index contributed by atoms with van der Waals surface area (Å²) in [6.45, 7) is 3.54. The standard InChI is InChI=1S/C20H17N3O5/c1-12-5-7-14(10-16(12)22-20(25)18-4-3-9-28-18)19(24)21-17-11-15(23(26)27)8-6-13(17)2/h3-11H,1-2H3,(H,21,24)(H,22,25). The van der Waals surface area contributed by atoms with Gasteiger partial charge in [-0.3, -0.25) is 19.7 Å². The molecule has 3 rings (SSSR count). The predicted octanol–water partition coefficient (Wildman–Crippen LogP) is 4.31. The second-order valence-electron chi connectivity index (χ2n) is 6.17. The molecule has 8 heteroatoms. The summed E-state index contributed by atoms with van der Waals surface area (Å²) >= 11 is 0. The topological polar surface area (TPSA) is 114 Å². The maximum Gasteiger partial charge on any atom is 0.291 e. The van der Waals surface area contributed by atoms with Gasteiger partial charge in [0.05, 0.1) is 16.9 Å². The number of nitro groups is 1. The maximum atomic E-state index is 12.6. The van der Waals surface area contributed by atoms with Crippen LogP contribution in [0.1, 0.15) is 32.0 Å². The number of anilines is 2. The summed E-state index contributed by atoms with van der Waals surface area (Å²) in [5.74, 6) is -0.723. The molecule has 0 aliphatic rings. The summed E-state index contributed by atoms with van der Waals surface area (Å²) in [6, 6.07) is 12.2. The van der Waals surface area contributed by atoms with Crippen LogP contribution in [0.4, 0.5) is 17.1 Å². The average molecular weight is 379 g/mol. The fraction of sp³-hybridized carbons (Fsp3) is 0.100. The molecule has 0 fully saturated rings. The highest BCUT2D eigenvalue weighted by atomic mass is 16.6. The smallest absolute Gasteiger partial charge is 0.291 e. The van der Waals surface area contributed by atoms with Gasteiger partial charge in [-0.05, 0) is 49.2 Å². The van der Waals surface area contributed by atoms with Crippen LogP contribution in [-0.2, 0) is 0 Å². The van der Waals surface area contributed by atoms with E-state index in [0.717, 1.165) is 5.56 Å². The van der Waals surface area contributed by atoms with E-state index in [1.54, 1.807) is 38.1 Å². The highest BCUT2D eigenvalue weighted by Gasteiger charge is 2.15. The van der Waals surface area contributed by atoms with E-state index in [0.29, 0.717) is 22.5 Å². The Morgan fingerprint density at radius 3 is 2.21 bits per heavy atom. The average Bonchev–Trinajstić information content (AvgIpc) is 3.20. The fourth-order valence-electron chi connectivity index (χ4n) is 2.54. The van der Waals surface area contributed by atoms with Crippen LogP contribution in [0.3, 0.4) is 0 Å². The van der Waals surface area contributed by atoms with Crippen molar-refractivity contribution in [2.24, 2.45) is 0 Å². The first-order valence-electron chi connectivity index (χ1n) is 8.37. The molecule has 0 spiro atoms. The molecule has 1 aromatic heterocycles. The maximum absolute atomic E-state index is 12.6. The Labute approximate surface area is 160 Å². The number of carbonyl (C=O) groups is 2. The monoisotopic (exact) mass is 379 g/mol. The van der Waals surface area contributed by atoms with Gasteiger partial charge in [0.15, 0.2) is 5.76 Å². The molecule has 0 radical (unpaired) electrons. The molecule has 28 heavy (non-hydrogen) atoms. The zero-order valence-electron chi connectivity index (χ0n) is 15.2. The molecule has 2 N–H and O–H groups in total. The minimum absolute atomic E-state index is 0.115. The van der Waals surface area contributed by atoms with Crippen molar-refractivity contribution in [3.05, 3.63) is 87.4 Å². The number of carbonyl (C=O) groups excluding carboxylic acids is 2. The number of amides is 2. The van der Waals surface area contributed by atoms with E-state index in [-0.39, 0.29) is 11.4 Å². The molecule has 0 saturated heterocycles. The van der Waals surface area contributed by atoms with Crippen molar-refractivity contribution < 1.29 is 18.9 Å². The minimum Gasteiger partial charge on any atom is -0.459 e. The van der Waals surface area contributed by atoms with Crippen molar-refractivity contribution in [2.75, 3.05) is 10.6 Å². The van der Waals surface area contributed by atoms with Crippen molar-refractivity contribution in [3.8, 4) is 0 Å². The second-order valence-corrected chi connectivity index (χ2v) is 6.17. The third kappa shape index (κ3) is 4.07. The van der Waals surface area contributed by atoms with Gasteiger partial charge in [-0.15, -0.1) is 0 Å². The largest absolute Gasteiger partial charge is 0.459 e. The van der Waals surface area contributed by atoms with Gasteiger partial charge in [0, 0.05) is 23.4 Å². The van der Waals surface area contributed by atoms with E-state index in [4.69, 9.17) is 4.42 Å². The van der Waals surface area contributed by atoms with E-state index >= 15 is 0 Å². The van der Waals surface area contributed by atoms with Crippen LogP contribution in [0.5, 0.6) is 0 Å². The summed E-state index contributed by atoms with van der Waals surface area (Å²) < 4.78 is 5.06. The molecular weight excluding hydrogens is 362 g/mol. The van der Waals surface area contributed by atoms with E-state index < -0.39 is 16.7 Å². The molecule has 2 amide bonds. The van der Waals surface area contributed by atoms with E-state index in [9.17, 15) is 19.7 Å². The van der Waals surface area contributed by atoms with E-state index in [1.807, 2.05) is 0 Å². The third-order valence-corrected chi connectivity index (χ3v) is 4.17. The summed E-state index contributed by atoms with van der Waals surface area (Å²) in [4.78, 5) is 35.2. The molecule has 2 aromatic carbocycles. The lowest BCUT2D eigenvalue weighted by Gasteiger charge is -2.11. The fourth-order valence-corrected chi connectivity index (χ4v) is 2.54. The summed E-state index contributed by atoms with van der Waals surface area (Å²) in [5, 5.41) is 16.3. The van der Waals surface area contributed by atoms with Crippen molar-refractivity contribution in [1.29, 1.82) is 0 Å². The van der Waals surface area contributed by atoms with Gasteiger partial charge in [-0.25, -0.2) is 0 Å². The molecule has 1 heterocycles. The lowest BCUT2D eigenvalue weighted by atomic mass is 10.1. The van der Waals surface area contributed by atoms with Crippen LogP contribution in [0, 0.1) is 24.0 Å². The van der Waals surface area contributed by atoms with Gasteiger partial charge in [0.1, 0.15) is 0 Å². The molecule has 0 bridgehead atoms. The van der Waals surface area contributed by atoms with Crippen molar-refractivity contribution in [3.63, 3.8) is 0 Å². The van der Waals surface area contributed by atoms with Gasteiger partial charge in [0.25, 0.3) is 17.5 Å². The van der Waals surface area contributed by atoms with Crippen LogP contribution in [0.25, 0.3) is 0 Å². The summed E-state index contributed by atoms with van der Waals surface area (Å²) in [5.41, 5.74) is 2.45. The quantitative estimate of drug-likeness (QED) is 0.506. The third-order valence-electron chi connectivity index (χ3n) is 4.17. The SMILES string of the molecule is Cc1ccc([N+](=O)[O-])cc1NC(=O)c1ccc(C)c(NC(=O)c2ccco2)c1. The Morgan fingerprint density at radius 2 is 1.57 bits per heavy atom. The highest BCUT2D eigenvalue weighted by molar-refractivity contribution is 6.07. The van der Waals surface area contributed by atoms with Gasteiger partial charge < -0.3 is 15.1 Å². The number of nitrogens with one attached hydrogen (secondary N) is 2. The molecule has 8 nitrogen and oxygen atoms in total. The van der Waals surface area contributed by atoms with Gasteiger partial charge in [-0.1, -0.05) is 12.1 Å². The number of nitro benzene ring substituents is 1. The van der Waals surface area contributed by atoms with Crippen molar-refractivity contribution >= 4 is 28.9 Å². The summed E-state index contributed by atoms with van der Waals surface area (Å²) in [6.07, 6.45) is 1.40. The Kier molecular flexibility index (Phi) is 5.21. The molecule has 0 aliphatic heterocycles. The number of hydrogen-bond acceptors (Lipinski definition) is 5. The number of hydrogen-bond donors (Lipinski definition) is 2. The van der Waals surface area contributed by atoms with Crippen LogP contribution in [-0.4, -0.2) is 16.7 Å². The zero-order valence-corrected chi connectivity index (χ0v) is 15.2. The van der Waals surface area contributed by atoms with Gasteiger partial charge in [-0.2, -0.15) is 0 Å². The van der Waals surface area contributed by atoms with Crippen LogP contribution < -0.4 is 10.6 Å². The Hall–Kier alpha value is -3.94. The number of non-ortho nitro benzene ring substituents is 1. The first-order chi connectivity index (χ1) is 13.3. The molecule has 0 aliphatic carbocycles. The Bertz CT molecular complexity index is 1060. The molecule has 0 unspecified atom stereocenters. The van der Waals surface area contributed by atoms with Crippen molar-refractivity contribution in [2.45, 2.75) is 13.8 Å². The van der Waals surface area contributed by atoms with Crippen LogP contribution >= 0.6 is 0 Å². The number of nitrogens with zero attached hydrogens (tertiary/aromatic N) is 1. The predicted molar refractivity (Wildman–Crippen MR) is 104 cm³/mol. The van der Waals surface area contributed by atoms with Gasteiger partial charge in [0.2, 0.25) is 0 Å². The number of furan rings is 1. The normalized spacial score (nSPS) is 10.4. The minimum atomic E-state index is -0.525. The van der Waals surface area contributed by atoms with Gasteiger partial charge >= 0.3 is 0 Å². The highest BCUT2D eigenvalue weighted by Crippen LogP contribution is 2.24. The molecule has 142 valence electrons. The molecule has 0 saturated carbocycles. The van der Waals surface area contributed by atoms with Crippen LogP contribution in [0.2, 0.25) is 0 Å². The lowest BCUT2D eigenvalue weighted by Crippen LogP contribution is -2.15.